The van der Waals surface area contributed by atoms with Gasteiger partial charge in [0.25, 0.3) is 0 Å². The minimum Gasteiger partial charge on any atom is -0.480 e. The van der Waals surface area contributed by atoms with Crippen molar-refractivity contribution in [1.82, 2.24) is 26.2 Å². The molecule has 0 unspecified atom stereocenters. The molecule has 1 aliphatic heterocycles. The zero-order valence-electron chi connectivity index (χ0n) is 30.3. The molecule has 2 rings (SSSR count). The molecule has 1 fully saturated rings. The number of nitrogens with two attached hydrogens (primary N) is 3. The van der Waals surface area contributed by atoms with Crippen molar-refractivity contribution in [2.45, 2.75) is 115 Å². The van der Waals surface area contributed by atoms with Crippen LogP contribution in [-0.4, -0.2) is 100 Å². The molecule has 1 aromatic rings. The molecule has 17 nitrogen and oxygen atoms in total. The summed E-state index contributed by atoms with van der Waals surface area (Å²) in [5.74, 6) is -6.86. The van der Waals surface area contributed by atoms with Crippen LogP contribution in [0, 0.1) is 11.8 Å². The number of aliphatic carboxylic acids is 1. The number of carboxylic acids is 1. The monoisotopic (exact) mass is 730 g/mol. The number of nitrogens with zero attached hydrogens (tertiary/aromatic N) is 1. The van der Waals surface area contributed by atoms with Gasteiger partial charge in [-0.05, 0) is 49.5 Å². The third kappa shape index (κ3) is 14.3. The zero-order chi connectivity index (χ0) is 39.1. The zero-order valence-corrected chi connectivity index (χ0v) is 30.3. The number of likely N-dealkylation sites (tertiary alicyclic amines) is 1. The molecule has 0 radical (unpaired) electrons. The molecule has 1 saturated heterocycles. The summed E-state index contributed by atoms with van der Waals surface area (Å²) in [7, 11) is 0. The molecule has 0 aromatic heterocycles. The van der Waals surface area contributed by atoms with E-state index in [-0.39, 0.29) is 43.4 Å². The fourth-order valence-corrected chi connectivity index (χ4v) is 5.93. The lowest BCUT2D eigenvalue weighted by molar-refractivity contribution is -0.143. The smallest absolute Gasteiger partial charge is 0.326 e. The maximum Gasteiger partial charge on any atom is 0.326 e. The lowest BCUT2D eigenvalue weighted by Crippen LogP contribution is -2.60. The van der Waals surface area contributed by atoms with E-state index in [4.69, 9.17) is 17.2 Å². The molecular weight excluding hydrogens is 676 g/mol. The molecule has 6 atom stereocenters. The van der Waals surface area contributed by atoms with Crippen LogP contribution in [0.25, 0.3) is 0 Å². The van der Waals surface area contributed by atoms with E-state index in [0.717, 1.165) is 0 Å². The van der Waals surface area contributed by atoms with Crippen LogP contribution in [0.15, 0.2) is 30.3 Å². The molecule has 0 bridgehead atoms. The summed E-state index contributed by atoms with van der Waals surface area (Å²) >= 11 is 0. The largest absolute Gasteiger partial charge is 0.480 e. The number of nitrogens with one attached hydrogen (secondary N) is 4. The van der Waals surface area contributed by atoms with Gasteiger partial charge in [-0.15, -0.1) is 0 Å². The molecule has 11 N–H and O–H groups in total. The molecule has 0 aliphatic carbocycles. The van der Waals surface area contributed by atoms with Crippen LogP contribution in [0.2, 0.25) is 0 Å². The number of primary amides is 2. The van der Waals surface area contributed by atoms with Crippen molar-refractivity contribution in [1.29, 1.82) is 0 Å². The summed E-state index contributed by atoms with van der Waals surface area (Å²) in [5, 5.41) is 19.5. The Morgan fingerprint density at radius 2 is 1.33 bits per heavy atom. The Hall–Kier alpha value is -5.06. The number of carbonyl (C=O) groups is 8. The second-order valence-corrected chi connectivity index (χ2v) is 14.0. The molecule has 52 heavy (non-hydrogen) atoms. The van der Waals surface area contributed by atoms with Gasteiger partial charge in [-0.2, -0.15) is 0 Å². The van der Waals surface area contributed by atoms with E-state index >= 15 is 0 Å². The van der Waals surface area contributed by atoms with Gasteiger partial charge in [0.15, 0.2) is 0 Å². The predicted molar refractivity (Wildman–Crippen MR) is 189 cm³/mol. The summed E-state index contributed by atoms with van der Waals surface area (Å²) in [5.41, 5.74) is 17.5. The summed E-state index contributed by atoms with van der Waals surface area (Å²) < 4.78 is 0. The quantitative estimate of drug-likeness (QED) is 0.0748. The van der Waals surface area contributed by atoms with Crippen LogP contribution in [-0.2, 0) is 44.8 Å². The second-order valence-electron chi connectivity index (χ2n) is 14.0. The summed E-state index contributed by atoms with van der Waals surface area (Å²) in [6.45, 7) is 7.68. The minimum atomic E-state index is -1.64. The summed E-state index contributed by atoms with van der Waals surface area (Å²) in [6.07, 6.45) is -0.0377. The molecule has 0 spiro atoms. The number of carboxylic acid groups (broad SMARTS) is 1. The van der Waals surface area contributed by atoms with Crippen LogP contribution in [0.5, 0.6) is 0 Å². The van der Waals surface area contributed by atoms with Gasteiger partial charge < -0.3 is 48.5 Å². The molecular formula is C35H54N8O9. The lowest BCUT2D eigenvalue weighted by Gasteiger charge is -2.29. The number of benzene rings is 1. The summed E-state index contributed by atoms with van der Waals surface area (Å²) in [6, 6.07) is 1.26. The molecule has 0 saturated carbocycles. The molecule has 7 amide bonds. The van der Waals surface area contributed by atoms with Crippen LogP contribution in [0.3, 0.4) is 0 Å². The maximum absolute atomic E-state index is 13.8. The lowest BCUT2D eigenvalue weighted by atomic mass is 10.0. The van der Waals surface area contributed by atoms with E-state index < -0.39 is 84.1 Å². The van der Waals surface area contributed by atoms with Gasteiger partial charge in [-0.25, -0.2) is 4.79 Å². The Labute approximate surface area is 303 Å². The molecule has 1 aromatic carbocycles. The molecule has 288 valence electrons. The van der Waals surface area contributed by atoms with Crippen molar-refractivity contribution in [2.75, 3.05) is 6.54 Å². The number of carbonyl (C=O) groups excluding carboxylic acids is 7. The first-order valence-electron chi connectivity index (χ1n) is 17.5. The predicted octanol–water partition coefficient (Wildman–Crippen LogP) is -1.20. The Kier molecular flexibility index (Phi) is 17.2. The molecule has 1 heterocycles. The SMILES string of the molecule is CC(C)C[C@H](NC(=O)[C@H](CCC(N)=O)NC(=O)[C@H](CC(N)=O)NC(=O)[C@H](Cc1ccccc1)NC(=O)[C@@H]1CCCN1C(=O)[C@@H](N)CC(C)C)C(=O)O. The fraction of sp³-hybridized carbons (Fsp3) is 0.600. The van der Waals surface area contributed by atoms with E-state index in [0.29, 0.717) is 31.4 Å². The highest BCUT2D eigenvalue weighted by molar-refractivity contribution is 5.98. The van der Waals surface area contributed by atoms with E-state index in [2.05, 4.69) is 21.3 Å². The van der Waals surface area contributed by atoms with Gasteiger partial charge in [-0.1, -0.05) is 58.0 Å². The van der Waals surface area contributed by atoms with Crippen LogP contribution >= 0.6 is 0 Å². The van der Waals surface area contributed by atoms with Crippen molar-refractivity contribution in [3.05, 3.63) is 35.9 Å². The highest BCUT2D eigenvalue weighted by Gasteiger charge is 2.38. The van der Waals surface area contributed by atoms with E-state index in [1.807, 2.05) is 13.8 Å². The van der Waals surface area contributed by atoms with Gasteiger partial charge in [0.05, 0.1) is 12.5 Å². The van der Waals surface area contributed by atoms with Gasteiger partial charge >= 0.3 is 5.97 Å². The third-order valence-corrected chi connectivity index (χ3v) is 8.47. The Bertz CT molecular complexity index is 1440. The van der Waals surface area contributed by atoms with Crippen molar-refractivity contribution < 1.29 is 43.5 Å². The van der Waals surface area contributed by atoms with Gasteiger partial charge in [-0.3, -0.25) is 33.6 Å². The average Bonchev–Trinajstić information content (AvgIpc) is 3.55. The van der Waals surface area contributed by atoms with Gasteiger partial charge in [0, 0.05) is 19.4 Å². The number of rotatable bonds is 21. The van der Waals surface area contributed by atoms with E-state index in [1.165, 1.54) is 4.90 Å². The topological polar surface area (TPSA) is 286 Å². The number of hydrogen-bond donors (Lipinski definition) is 8. The van der Waals surface area contributed by atoms with Crippen molar-refractivity contribution in [2.24, 2.45) is 29.0 Å². The Balaban J connectivity index is 2.33. The third-order valence-electron chi connectivity index (χ3n) is 8.47. The Morgan fingerprint density at radius 3 is 1.88 bits per heavy atom. The molecule has 17 heteroatoms. The maximum atomic E-state index is 13.8. The van der Waals surface area contributed by atoms with E-state index in [9.17, 15) is 43.5 Å². The van der Waals surface area contributed by atoms with Gasteiger partial charge in [0.1, 0.15) is 30.2 Å². The van der Waals surface area contributed by atoms with Crippen LogP contribution in [0.1, 0.15) is 78.2 Å². The molecule has 1 aliphatic rings. The highest BCUT2D eigenvalue weighted by Crippen LogP contribution is 2.20. The normalized spacial score (nSPS) is 17.0. The van der Waals surface area contributed by atoms with Gasteiger partial charge in [0.2, 0.25) is 41.4 Å². The first-order valence-corrected chi connectivity index (χ1v) is 17.5. The van der Waals surface area contributed by atoms with Crippen LogP contribution in [0.4, 0.5) is 0 Å². The van der Waals surface area contributed by atoms with Crippen LogP contribution < -0.4 is 38.5 Å². The minimum absolute atomic E-state index is 0.0348. The number of hydrogen-bond acceptors (Lipinski definition) is 9. The first-order chi connectivity index (χ1) is 24.4. The second kappa shape index (κ2) is 20.7. The van der Waals surface area contributed by atoms with Crippen molar-refractivity contribution in [3.8, 4) is 0 Å². The standard InChI is InChI=1S/C35H54N8O9/c1-19(2)15-22(36)34(50)43-14-8-11-27(43)33(49)41-24(17-21-9-6-5-7-10-21)31(47)40-25(18-29(38)45)32(48)39-23(12-13-28(37)44)30(46)42-26(35(51)52)16-20(3)4/h5-7,9-10,19-20,22-27H,8,11-18,36H2,1-4H3,(H2,37,44)(H2,38,45)(H,39,48)(H,40,47)(H,41,49)(H,42,46)(H,51,52)/t22-,23-,24-,25-,26-,27-/m0/s1. The van der Waals surface area contributed by atoms with Crippen molar-refractivity contribution >= 4 is 47.3 Å². The van der Waals surface area contributed by atoms with Crippen molar-refractivity contribution in [3.63, 3.8) is 0 Å². The fourth-order valence-electron chi connectivity index (χ4n) is 5.93. The van der Waals surface area contributed by atoms with E-state index in [1.54, 1.807) is 44.2 Å². The number of amides is 7. The Morgan fingerprint density at radius 1 is 0.769 bits per heavy atom. The first kappa shape index (κ1) is 43.1. The summed E-state index contributed by atoms with van der Waals surface area (Å²) in [4.78, 5) is 104. The average molecular weight is 731 g/mol. The highest BCUT2D eigenvalue weighted by atomic mass is 16.4.